The number of hydrogen-bond acceptors (Lipinski definition) is 7. The topological polar surface area (TPSA) is 103 Å². The van der Waals surface area contributed by atoms with Crippen molar-refractivity contribution in [3.63, 3.8) is 0 Å². The van der Waals surface area contributed by atoms with E-state index in [1.54, 1.807) is 54.1 Å². The lowest BCUT2D eigenvalue weighted by Crippen LogP contribution is -2.43. The van der Waals surface area contributed by atoms with Gasteiger partial charge in [-0.25, -0.2) is 14.6 Å². The molecule has 3 rings (SSSR count). The molecule has 180 valence electrons. The van der Waals surface area contributed by atoms with Crippen LogP contribution < -0.4 is 0 Å². The molecule has 3 atom stereocenters. The van der Waals surface area contributed by atoms with Gasteiger partial charge in [-0.3, -0.25) is 4.90 Å². The lowest BCUT2D eigenvalue weighted by molar-refractivity contribution is -0.0486. The fraction of sp³-hybridized carbons (Fsp3) is 0.542. The average molecular weight is 460 g/mol. The molecule has 1 amide bonds. The molecule has 0 saturated carbocycles. The fourth-order valence-corrected chi connectivity index (χ4v) is 3.59. The van der Waals surface area contributed by atoms with Gasteiger partial charge in [0.2, 0.25) is 0 Å². The Labute approximate surface area is 194 Å². The number of carbonyl (C=O) groups excluding carboxylic acids is 2. The molecule has 1 saturated heterocycles. The molecule has 0 radical (unpaired) electrons. The number of rotatable bonds is 4. The Bertz CT molecular complexity index is 944. The van der Waals surface area contributed by atoms with Crippen LogP contribution in [0.1, 0.15) is 47.1 Å². The fourth-order valence-electron chi connectivity index (χ4n) is 3.59. The smallest absolute Gasteiger partial charge is 0.444 e. The predicted octanol–water partition coefficient (Wildman–Crippen LogP) is 3.72. The van der Waals surface area contributed by atoms with Crippen molar-refractivity contribution < 1.29 is 28.9 Å². The summed E-state index contributed by atoms with van der Waals surface area (Å²) in [5.74, 6) is 0. The van der Waals surface area contributed by atoms with E-state index in [2.05, 4.69) is 4.98 Å². The number of carbonyl (C=O) groups is 2. The van der Waals surface area contributed by atoms with Gasteiger partial charge in [0.25, 0.3) is 0 Å². The Morgan fingerprint density at radius 2 is 1.70 bits per heavy atom. The van der Waals surface area contributed by atoms with Crippen LogP contribution in [0.2, 0.25) is 0 Å². The van der Waals surface area contributed by atoms with Gasteiger partial charge in [0.05, 0.1) is 18.9 Å². The van der Waals surface area contributed by atoms with E-state index >= 15 is 0 Å². The second-order valence-electron chi connectivity index (χ2n) is 10.2. The second-order valence-corrected chi connectivity index (χ2v) is 10.2. The minimum Gasteiger partial charge on any atom is -0.444 e. The van der Waals surface area contributed by atoms with Crippen molar-refractivity contribution in [1.82, 2.24) is 14.5 Å². The molecule has 1 aromatic heterocycles. The third kappa shape index (κ3) is 6.71. The number of amides is 1. The van der Waals surface area contributed by atoms with Crippen LogP contribution in [0.4, 0.5) is 9.59 Å². The standard InChI is InChI=1S/C24H33N3O6/c1-23(2,3)32-21(29)27-14-19(31-22(30)33-24(4,5)6)20(28)18(27)13-16-7-9-17(10-8-16)26-12-11-25-15-26/h7-12,15,18-20,28H,13-14H2,1-6H3/t18-,19+,20+/m1/s1. The third-order valence-corrected chi connectivity index (χ3v) is 5.00. The molecule has 0 spiro atoms. The summed E-state index contributed by atoms with van der Waals surface area (Å²) in [5, 5.41) is 11.0. The summed E-state index contributed by atoms with van der Waals surface area (Å²) in [6, 6.07) is 7.09. The van der Waals surface area contributed by atoms with Gasteiger partial charge in [-0.15, -0.1) is 0 Å². The first-order valence-electron chi connectivity index (χ1n) is 11.0. The maximum Gasteiger partial charge on any atom is 0.509 e. The molecule has 0 aliphatic carbocycles. The molecule has 1 fully saturated rings. The summed E-state index contributed by atoms with van der Waals surface area (Å²) in [5.41, 5.74) is 0.415. The van der Waals surface area contributed by atoms with E-state index in [1.807, 2.05) is 35.0 Å². The number of imidazole rings is 1. The lowest BCUT2D eigenvalue weighted by atomic mass is 10.0. The zero-order valence-corrected chi connectivity index (χ0v) is 20.0. The van der Waals surface area contributed by atoms with Gasteiger partial charge in [0.1, 0.15) is 17.3 Å². The maximum absolute atomic E-state index is 12.9. The number of aliphatic hydroxyl groups is 1. The van der Waals surface area contributed by atoms with Crippen LogP contribution in [0.15, 0.2) is 43.0 Å². The molecular weight excluding hydrogens is 426 g/mol. The van der Waals surface area contributed by atoms with Gasteiger partial charge in [-0.2, -0.15) is 0 Å². The Morgan fingerprint density at radius 3 is 2.24 bits per heavy atom. The van der Waals surface area contributed by atoms with Crippen LogP contribution >= 0.6 is 0 Å². The first kappa shape index (κ1) is 24.6. The number of aromatic nitrogens is 2. The first-order chi connectivity index (χ1) is 15.3. The van der Waals surface area contributed by atoms with Gasteiger partial charge < -0.3 is 23.9 Å². The molecule has 0 unspecified atom stereocenters. The molecule has 9 nitrogen and oxygen atoms in total. The van der Waals surface area contributed by atoms with E-state index in [-0.39, 0.29) is 6.54 Å². The highest BCUT2D eigenvalue weighted by molar-refractivity contribution is 5.69. The number of hydrogen-bond donors (Lipinski definition) is 1. The SMILES string of the molecule is CC(C)(C)OC(=O)O[C@H]1CN(C(=O)OC(C)(C)C)[C@H](Cc2ccc(-n3ccnc3)cc2)[C@@H]1O. The van der Waals surface area contributed by atoms with Crippen molar-refractivity contribution in [3.05, 3.63) is 48.5 Å². The van der Waals surface area contributed by atoms with Crippen molar-refractivity contribution in [2.75, 3.05) is 6.54 Å². The zero-order chi connectivity index (χ0) is 24.4. The molecule has 1 aliphatic heterocycles. The van der Waals surface area contributed by atoms with Crippen molar-refractivity contribution in [3.8, 4) is 5.69 Å². The van der Waals surface area contributed by atoms with E-state index in [1.165, 1.54) is 4.90 Å². The number of nitrogens with zero attached hydrogens (tertiary/aromatic N) is 3. The maximum atomic E-state index is 12.9. The first-order valence-corrected chi connectivity index (χ1v) is 11.0. The Hall–Kier alpha value is -3.07. The minimum absolute atomic E-state index is 0.00705. The summed E-state index contributed by atoms with van der Waals surface area (Å²) >= 11 is 0. The van der Waals surface area contributed by atoms with E-state index in [0.717, 1.165) is 11.3 Å². The second kappa shape index (κ2) is 9.43. The average Bonchev–Trinajstić information content (AvgIpc) is 3.30. The highest BCUT2D eigenvalue weighted by atomic mass is 16.7. The lowest BCUT2D eigenvalue weighted by Gasteiger charge is -2.29. The predicted molar refractivity (Wildman–Crippen MR) is 121 cm³/mol. The van der Waals surface area contributed by atoms with E-state index in [0.29, 0.717) is 6.42 Å². The van der Waals surface area contributed by atoms with Gasteiger partial charge in [-0.1, -0.05) is 12.1 Å². The number of likely N-dealkylation sites (tertiary alicyclic amines) is 1. The Balaban J connectivity index is 1.77. The molecule has 9 heteroatoms. The number of benzene rings is 1. The molecule has 1 N–H and O–H groups in total. The van der Waals surface area contributed by atoms with Crippen molar-refractivity contribution in [2.45, 2.75) is 77.4 Å². The summed E-state index contributed by atoms with van der Waals surface area (Å²) in [4.78, 5) is 30.5. The quantitative estimate of drug-likeness (QED) is 0.695. The Morgan fingerprint density at radius 1 is 1.06 bits per heavy atom. The largest absolute Gasteiger partial charge is 0.509 e. The highest BCUT2D eigenvalue weighted by Crippen LogP contribution is 2.27. The molecule has 2 aromatic rings. The van der Waals surface area contributed by atoms with Crippen LogP contribution in [-0.4, -0.2) is 67.8 Å². The summed E-state index contributed by atoms with van der Waals surface area (Å²) < 4.78 is 18.0. The van der Waals surface area contributed by atoms with Crippen molar-refractivity contribution >= 4 is 12.2 Å². The third-order valence-electron chi connectivity index (χ3n) is 5.00. The van der Waals surface area contributed by atoms with Crippen molar-refractivity contribution in [2.24, 2.45) is 0 Å². The summed E-state index contributed by atoms with van der Waals surface area (Å²) in [6.45, 7) is 10.5. The van der Waals surface area contributed by atoms with E-state index in [4.69, 9.17) is 14.2 Å². The monoisotopic (exact) mass is 459 g/mol. The van der Waals surface area contributed by atoms with Crippen LogP contribution in [-0.2, 0) is 20.6 Å². The van der Waals surface area contributed by atoms with E-state index in [9.17, 15) is 14.7 Å². The normalized spacial score (nSPS) is 21.1. The van der Waals surface area contributed by atoms with Crippen LogP contribution in [0.25, 0.3) is 5.69 Å². The van der Waals surface area contributed by atoms with Crippen molar-refractivity contribution in [1.29, 1.82) is 0 Å². The van der Waals surface area contributed by atoms with Gasteiger partial charge in [0.15, 0.2) is 6.10 Å². The van der Waals surface area contributed by atoms with Crippen LogP contribution in [0.5, 0.6) is 0 Å². The zero-order valence-electron chi connectivity index (χ0n) is 20.0. The van der Waals surface area contributed by atoms with Crippen LogP contribution in [0.3, 0.4) is 0 Å². The molecule has 0 bridgehead atoms. The number of aliphatic hydroxyl groups excluding tert-OH is 1. The minimum atomic E-state index is -1.10. The van der Waals surface area contributed by atoms with Gasteiger partial charge >= 0.3 is 12.2 Å². The summed E-state index contributed by atoms with van der Waals surface area (Å²) in [7, 11) is 0. The van der Waals surface area contributed by atoms with Crippen LogP contribution in [0, 0.1) is 0 Å². The molecule has 33 heavy (non-hydrogen) atoms. The molecule has 1 aliphatic rings. The number of ether oxygens (including phenoxy) is 3. The highest BCUT2D eigenvalue weighted by Gasteiger charge is 2.47. The summed E-state index contributed by atoms with van der Waals surface area (Å²) in [6.07, 6.45) is 2.13. The van der Waals surface area contributed by atoms with Gasteiger partial charge in [-0.05, 0) is 65.7 Å². The molecule has 2 heterocycles. The Kier molecular flexibility index (Phi) is 7.02. The molecule has 1 aromatic carbocycles. The van der Waals surface area contributed by atoms with Gasteiger partial charge in [0, 0.05) is 18.1 Å². The molecular formula is C24H33N3O6. The van der Waals surface area contributed by atoms with E-state index < -0.39 is 41.7 Å².